The van der Waals surface area contributed by atoms with Crippen LogP contribution in [0.3, 0.4) is 0 Å². The molecule has 0 saturated carbocycles. The van der Waals surface area contributed by atoms with Crippen molar-refractivity contribution in [2.24, 2.45) is 0 Å². The van der Waals surface area contributed by atoms with Crippen LogP contribution in [0.5, 0.6) is 0 Å². The van der Waals surface area contributed by atoms with E-state index < -0.39 is 5.97 Å². The van der Waals surface area contributed by atoms with E-state index in [-0.39, 0.29) is 5.69 Å². The molecule has 1 aromatic carbocycles. The van der Waals surface area contributed by atoms with Crippen LogP contribution in [0.25, 0.3) is 0 Å². The zero-order chi connectivity index (χ0) is 13.1. The largest absolute Gasteiger partial charge is 0.476 e. The Labute approximate surface area is 115 Å². The molecule has 0 fully saturated rings. The lowest BCUT2D eigenvalue weighted by Crippen LogP contribution is -1.94. The number of anilines is 1. The van der Waals surface area contributed by atoms with Crippen molar-refractivity contribution in [1.29, 1.82) is 0 Å². The Balaban J connectivity index is 2.04. The lowest BCUT2D eigenvalue weighted by molar-refractivity contribution is 0.0685. The average molecular weight is 329 g/mol. The van der Waals surface area contributed by atoms with Gasteiger partial charge >= 0.3 is 5.97 Å². The maximum absolute atomic E-state index is 10.6. The van der Waals surface area contributed by atoms with E-state index >= 15 is 0 Å². The molecule has 3 N–H and O–H groups in total. The Morgan fingerprint density at radius 1 is 1.50 bits per heavy atom. The highest BCUT2D eigenvalue weighted by atomic mass is 79.9. The molecule has 0 atom stereocenters. The molecular weight excluding hydrogens is 320 g/mol. The van der Waals surface area contributed by atoms with Crippen molar-refractivity contribution in [3.8, 4) is 0 Å². The third-order valence-electron chi connectivity index (χ3n) is 2.10. The van der Waals surface area contributed by atoms with E-state index in [2.05, 4.69) is 21.1 Å². The lowest BCUT2D eigenvalue weighted by Gasteiger charge is -2.03. The quantitative estimate of drug-likeness (QED) is 0.662. The van der Waals surface area contributed by atoms with Gasteiger partial charge in [-0.2, -0.15) is 0 Å². The van der Waals surface area contributed by atoms with Gasteiger partial charge in [-0.25, -0.2) is 4.79 Å². The maximum atomic E-state index is 10.6. The van der Waals surface area contributed by atoms with E-state index in [1.165, 1.54) is 17.8 Å². The van der Waals surface area contributed by atoms with Crippen LogP contribution in [0.15, 0.2) is 38.2 Å². The zero-order valence-electron chi connectivity index (χ0n) is 9.09. The van der Waals surface area contributed by atoms with Gasteiger partial charge in [0.15, 0.2) is 5.69 Å². The Morgan fingerprint density at radius 2 is 2.28 bits per heavy atom. The highest BCUT2D eigenvalue weighted by Gasteiger charge is 2.11. The Bertz CT molecular complexity index is 585. The minimum atomic E-state index is -1.09. The van der Waals surface area contributed by atoms with Gasteiger partial charge in [-0.1, -0.05) is 5.16 Å². The summed E-state index contributed by atoms with van der Waals surface area (Å²) in [5.74, 6) is -0.0761. The van der Waals surface area contributed by atoms with Crippen molar-refractivity contribution in [3.63, 3.8) is 0 Å². The van der Waals surface area contributed by atoms with Crippen molar-refractivity contribution in [2.45, 2.75) is 10.6 Å². The number of halogens is 1. The van der Waals surface area contributed by atoms with Gasteiger partial charge in [0, 0.05) is 21.1 Å². The summed E-state index contributed by atoms with van der Waals surface area (Å²) in [7, 11) is 0. The van der Waals surface area contributed by atoms with Crippen LogP contribution in [0, 0.1) is 0 Å². The first-order valence-corrected chi connectivity index (χ1v) is 6.71. The summed E-state index contributed by atoms with van der Waals surface area (Å²) in [6, 6.07) is 6.92. The standard InChI is InChI=1S/C11H9BrN2O3S/c12-8-3-6(13)1-2-10(8)18-5-7-4-9(11(15)16)14-17-7/h1-4H,5,13H2,(H,15,16). The molecule has 0 saturated heterocycles. The summed E-state index contributed by atoms with van der Waals surface area (Å²) in [6.45, 7) is 0. The molecule has 1 aromatic heterocycles. The first kappa shape index (κ1) is 13.0. The van der Waals surface area contributed by atoms with Crippen LogP contribution in [0.1, 0.15) is 16.2 Å². The number of nitrogen functional groups attached to an aromatic ring is 1. The Morgan fingerprint density at radius 3 is 2.89 bits per heavy atom. The third-order valence-corrected chi connectivity index (χ3v) is 4.12. The fourth-order valence-electron chi connectivity index (χ4n) is 1.26. The van der Waals surface area contributed by atoms with Gasteiger partial charge in [0.1, 0.15) is 5.76 Å². The lowest BCUT2D eigenvalue weighted by atomic mass is 10.3. The first-order chi connectivity index (χ1) is 8.56. The van der Waals surface area contributed by atoms with Gasteiger partial charge < -0.3 is 15.4 Å². The second-order valence-electron chi connectivity index (χ2n) is 3.46. The molecule has 0 aliphatic carbocycles. The van der Waals surface area contributed by atoms with E-state index in [9.17, 15) is 4.79 Å². The normalized spacial score (nSPS) is 10.5. The molecule has 5 nitrogen and oxygen atoms in total. The molecule has 0 radical (unpaired) electrons. The van der Waals surface area contributed by atoms with Gasteiger partial charge in [0.05, 0.1) is 5.75 Å². The summed E-state index contributed by atoms with van der Waals surface area (Å²) in [5.41, 5.74) is 6.24. The van der Waals surface area contributed by atoms with Gasteiger partial charge in [0.25, 0.3) is 0 Å². The molecule has 18 heavy (non-hydrogen) atoms. The third kappa shape index (κ3) is 3.05. The van der Waals surface area contributed by atoms with Crippen molar-refractivity contribution in [3.05, 3.63) is 40.2 Å². The van der Waals surface area contributed by atoms with Gasteiger partial charge in [0.2, 0.25) is 0 Å². The number of carboxylic acid groups (broad SMARTS) is 1. The number of aromatic carboxylic acids is 1. The van der Waals surface area contributed by atoms with Crippen molar-refractivity contribution < 1.29 is 14.4 Å². The average Bonchev–Trinajstić information content (AvgIpc) is 2.76. The number of thioether (sulfide) groups is 1. The fourth-order valence-corrected chi connectivity index (χ4v) is 2.80. The highest BCUT2D eigenvalue weighted by molar-refractivity contribution is 9.10. The smallest absolute Gasteiger partial charge is 0.358 e. The molecule has 1 heterocycles. The van der Waals surface area contributed by atoms with Gasteiger partial charge in [-0.3, -0.25) is 0 Å². The molecular formula is C11H9BrN2O3S. The number of aromatic nitrogens is 1. The van der Waals surface area contributed by atoms with E-state index in [1.807, 2.05) is 12.1 Å². The number of carboxylic acids is 1. The minimum Gasteiger partial charge on any atom is -0.476 e. The van der Waals surface area contributed by atoms with Crippen LogP contribution in [-0.2, 0) is 5.75 Å². The van der Waals surface area contributed by atoms with E-state index in [0.717, 1.165) is 9.37 Å². The second kappa shape index (κ2) is 5.45. The molecule has 2 aromatic rings. The topological polar surface area (TPSA) is 89.4 Å². The Kier molecular flexibility index (Phi) is 3.93. The van der Waals surface area contributed by atoms with Crippen LogP contribution in [-0.4, -0.2) is 16.2 Å². The molecule has 0 bridgehead atoms. The van der Waals surface area contributed by atoms with Crippen molar-refractivity contribution >= 4 is 39.3 Å². The van der Waals surface area contributed by atoms with Crippen LogP contribution in [0.4, 0.5) is 5.69 Å². The number of carbonyl (C=O) groups is 1. The van der Waals surface area contributed by atoms with E-state index in [4.69, 9.17) is 15.4 Å². The first-order valence-electron chi connectivity index (χ1n) is 4.93. The predicted octanol–water partition coefficient (Wildman–Crippen LogP) is 3.01. The van der Waals surface area contributed by atoms with E-state index in [1.54, 1.807) is 6.07 Å². The predicted molar refractivity (Wildman–Crippen MR) is 71.6 cm³/mol. The molecule has 0 aliphatic heterocycles. The Hall–Kier alpha value is -1.47. The number of hydrogen-bond acceptors (Lipinski definition) is 5. The summed E-state index contributed by atoms with van der Waals surface area (Å²) in [4.78, 5) is 11.6. The summed E-state index contributed by atoms with van der Waals surface area (Å²) in [5, 5.41) is 12.2. The van der Waals surface area contributed by atoms with E-state index in [0.29, 0.717) is 17.2 Å². The fraction of sp³-hybridized carbons (Fsp3) is 0.0909. The highest BCUT2D eigenvalue weighted by Crippen LogP contribution is 2.31. The second-order valence-corrected chi connectivity index (χ2v) is 5.33. The van der Waals surface area contributed by atoms with Crippen molar-refractivity contribution in [1.82, 2.24) is 5.16 Å². The number of hydrogen-bond donors (Lipinski definition) is 2. The molecule has 0 spiro atoms. The van der Waals surface area contributed by atoms with Crippen LogP contribution < -0.4 is 5.73 Å². The SMILES string of the molecule is Nc1ccc(SCc2cc(C(=O)O)no2)c(Br)c1. The number of nitrogens with two attached hydrogens (primary N) is 1. The van der Waals surface area contributed by atoms with Crippen LogP contribution >= 0.6 is 27.7 Å². The van der Waals surface area contributed by atoms with Crippen molar-refractivity contribution in [2.75, 3.05) is 5.73 Å². The molecule has 2 rings (SSSR count). The molecule has 0 amide bonds. The maximum Gasteiger partial charge on any atom is 0.358 e. The summed E-state index contributed by atoms with van der Waals surface area (Å²) in [6.07, 6.45) is 0. The van der Waals surface area contributed by atoms with Crippen LogP contribution in [0.2, 0.25) is 0 Å². The minimum absolute atomic E-state index is 0.0815. The number of benzene rings is 1. The van der Waals surface area contributed by atoms with Gasteiger partial charge in [-0.05, 0) is 34.1 Å². The molecule has 0 unspecified atom stereocenters. The number of nitrogens with zero attached hydrogens (tertiary/aromatic N) is 1. The zero-order valence-corrected chi connectivity index (χ0v) is 11.5. The number of rotatable bonds is 4. The summed E-state index contributed by atoms with van der Waals surface area (Å²) < 4.78 is 5.81. The molecule has 7 heteroatoms. The molecule has 94 valence electrons. The summed E-state index contributed by atoms with van der Waals surface area (Å²) >= 11 is 4.91. The van der Waals surface area contributed by atoms with Gasteiger partial charge in [-0.15, -0.1) is 11.8 Å². The monoisotopic (exact) mass is 328 g/mol. The molecule has 0 aliphatic rings.